The summed E-state index contributed by atoms with van der Waals surface area (Å²) in [6, 6.07) is 8.16. The second kappa shape index (κ2) is 10.2. The van der Waals surface area contributed by atoms with E-state index in [0.717, 1.165) is 37.4 Å². The van der Waals surface area contributed by atoms with Crippen LogP contribution in [0.4, 0.5) is 5.69 Å². The second-order valence-electron chi connectivity index (χ2n) is 7.56. The van der Waals surface area contributed by atoms with Gasteiger partial charge in [0.25, 0.3) is 0 Å². The molecular formula is C22H33N3O2. The number of rotatable bonds is 7. The van der Waals surface area contributed by atoms with Gasteiger partial charge in [-0.1, -0.05) is 58.0 Å². The number of hydrogen-bond acceptors (Lipinski definition) is 4. The van der Waals surface area contributed by atoms with Gasteiger partial charge in [-0.05, 0) is 24.0 Å². The number of nitrogens with zero attached hydrogens (tertiary/aromatic N) is 2. The summed E-state index contributed by atoms with van der Waals surface area (Å²) in [5.41, 5.74) is 6.24. The van der Waals surface area contributed by atoms with Crippen LogP contribution in [-0.4, -0.2) is 49.0 Å². The maximum absolute atomic E-state index is 12.3. The van der Waals surface area contributed by atoms with Crippen molar-refractivity contribution in [3.8, 4) is 0 Å². The zero-order valence-electron chi connectivity index (χ0n) is 17.2. The van der Waals surface area contributed by atoms with E-state index in [2.05, 4.69) is 50.2 Å². The molecule has 5 heteroatoms. The fourth-order valence-corrected chi connectivity index (χ4v) is 3.13. The molecule has 148 valence electrons. The lowest BCUT2D eigenvalue weighted by Gasteiger charge is -2.38. The fraction of sp³-hybridized carbons (Fsp3) is 0.500. The third-order valence-electron chi connectivity index (χ3n) is 4.46. The van der Waals surface area contributed by atoms with Gasteiger partial charge in [0.2, 0.25) is 5.91 Å². The highest BCUT2D eigenvalue weighted by Crippen LogP contribution is 2.29. The van der Waals surface area contributed by atoms with Gasteiger partial charge in [-0.2, -0.15) is 0 Å². The summed E-state index contributed by atoms with van der Waals surface area (Å²) < 4.78 is 0. The summed E-state index contributed by atoms with van der Waals surface area (Å²) in [6.45, 7) is 11.6. The van der Waals surface area contributed by atoms with Gasteiger partial charge in [0.1, 0.15) is 0 Å². The van der Waals surface area contributed by atoms with Crippen LogP contribution < -0.4 is 5.48 Å². The molecule has 1 fully saturated rings. The van der Waals surface area contributed by atoms with E-state index in [1.807, 2.05) is 29.2 Å². The average molecular weight is 372 g/mol. The number of allylic oxidation sites excluding steroid dienone is 2. The van der Waals surface area contributed by atoms with E-state index in [-0.39, 0.29) is 5.91 Å². The van der Waals surface area contributed by atoms with E-state index >= 15 is 0 Å². The molecule has 1 aromatic rings. The van der Waals surface area contributed by atoms with E-state index in [1.165, 1.54) is 5.70 Å². The van der Waals surface area contributed by atoms with E-state index in [0.29, 0.717) is 11.8 Å². The first kappa shape index (κ1) is 21.0. The molecule has 1 aliphatic heterocycles. The Balaban J connectivity index is 2.16. The SMILES string of the molecule is CONc1ccccc1/C(=C\C(C)C)N1CCN(C(=O)/C=C/C(C)C)CC1. The standard InChI is InChI=1S/C22H33N3O2/c1-17(2)10-11-22(26)25-14-12-24(13-15-25)21(16-18(3)4)19-8-6-7-9-20(19)23-27-5/h6-11,16-18,23H,12-15H2,1-5H3/b11-10+,21-16+. The fourth-order valence-electron chi connectivity index (χ4n) is 3.13. The number of benzene rings is 1. The predicted molar refractivity (Wildman–Crippen MR) is 112 cm³/mol. The molecule has 1 N–H and O–H groups in total. The van der Waals surface area contributed by atoms with E-state index in [9.17, 15) is 4.79 Å². The van der Waals surface area contributed by atoms with Crippen LogP contribution in [0, 0.1) is 11.8 Å². The molecule has 5 nitrogen and oxygen atoms in total. The van der Waals surface area contributed by atoms with Gasteiger partial charge >= 0.3 is 0 Å². The maximum atomic E-state index is 12.3. The van der Waals surface area contributed by atoms with Crippen molar-refractivity contribution in [2.24, 2.45) is 11.8 Å². The molecule has 0 aromatic heterocycles. The van der Waals surface area contributed by atoms with Gasteiger partial charge in [-0.15, -0.1) is 0 Å². The van der Waals surface area contributed by atoms with Crippen molar-refractivity contribution < 1.29 is 9.63 Å². The zero-order valence-corrected chi connectivity index (χ0v) is 17.2. The van der Waals surface area contributed by atoms with Gasteiger partial charge in [0.15, 0.2) is 0 Å². The lowest BCUT2D eigenvalue weighted by atomic mass is 10.0. The van der Waals surface area contributed by atoms with Crippen LogP contribution in [0.25, 0.3) is 5.70 Å². The van der Waals surface area contributed by atoms with Crippen LogP contribution in [0.15, 0.2) is 42.5 Å². The lowest BCUT2D eigenvalue weighted by Crippen LogP contribution is -2.47. The third-order valence-corrected chi connectivity index (χ3v) is 4.46. The Morgan fingerprint density at radius 2 is 1.67 bits per heavy atom. The number of carbonyl (C=O) groups excluding carboxylic acids is 1. The monoisotopic (exact) mass is 371 g/mol. The highest BCUT2D eigenvalue weighted by atomic mass is 16.6. The Labute approximate surface area is 163 Å². The summed E-state index contributed by atoms with van der Waals surface area (Å²) >= 11 is 0. The Kier molecular flexibility index (Phi) is 7.92. The van der Waals surface area contributed by atoms with E-state index in [4.69, 9.17) is 4.84 Å². The minimum Gasteiger partial charge on any atom is -0.368 e. The van der Waals surface area contributed by atoms with Crippen LogP contribution in [0.1, 0.15) is 33.3 Å². The highest BCUT2D eigenvalue weighted by molar-refractivity contribution is 5.87. The normalized spacial score (nSPS) is 15.9. The number of nitrogens with one attached hydrogen (secondary N) is 1. The van der Waals surface area contributed by atoms with Gasteiger partial charge in [0.05, 0.1) is 12.8 Å². The number of amides is 1. The molecule has 1 heterocycles. The molecule has 27 heavy (non-hydrogen) atoms. The van der Waals surface area contributed by atoms with Gasteiger partial charge in [0, 0.05) is 37.4 Å². The van der Waals surface area contributed by atoms with Gasteiger partial charge < -0.3 is 9.80 Å². The summed E-state index contributed by atoms with van der Waals surface area (Å²) in [6.07, 6.45) is 5.96. The summed E-state index contributed by atoms with van der Waals surface area (Å²) in [5, 5.41) is 0. The molecule has 0 unspecified atom stereocenters. The molecule has 0 aliphatic carbocycles. The molecule has 0 radical (unpaired) electrons. The average Bonchev–Trinajstić information content (AvgIpc) is 2.65. The Bertz CT molecular complexity index is 672. The second-order valence-corrected chi connectivity index (χ2v) is 7.56. The predicted octanol–water partition coefficient (Wildman–Crippen LogP) is 4.01. The van der Waals surface area contributed by atoms with Crippen molar-refractivity contribution in [2.45, 2.75) is 27.7 Å². The van der Waals surface area contributed by atoms with E-state index in [1.54, 1.807) is 13.2 Å². The smallest absolute Gasteiger partial charge is 0.246 e. The minimum atomic E-state index is 0.110. The highest BCUT2D eigenvalue weighted by Gasteiger charge is 2.23. The van der Waals surface area contributed by atoms with Crippen LogP contribution in [0.3, 0.4) is 0 Å². The Hall–Kier alpha value is -2.27. The minimum absolute atomic E-state index is 0.110. The molecular weight excluding hydrogens is 338 g/mol. The molecule has 1 amide bonds. The molecule has 0 atom stereocenters. The van der Waals surface area contributed by atoms with Crippen molar-refractivity contribution in [2.75, 3.05) is 38.8 Å². The van der Waals surface area contributed by atoms with Gasteiger partial charge in [-0.3, -0.25) is 15.1 Å². The van der Waals surface area contributed by atoms with Crippen molar-refractivity contribution in [3.63, 3.8) is 0 Å². The van der Waals surface area contributed by atoms with Crippen LogP contribution in [-0.2, 0) is 9.63 Å². The first-order valence-electron chi connectivity index (χ1n) is 9.74. The van der Waals surface area contributed by atoms with Crippen LogP contribution in [0.2, 0.25) is 0 Å². The van der Waals surface area contributed by atoms with Crippen molar-refractivity contribution in [1.29, 1.82) is 0 Å². The quantitative estimate of drug-likeness (QED) is 0.581. The number of anilines is 1. The third kappa shape index (κ3) is 6.14. The molecule has 0 saturated carbocycles. The summed E-state index contributed by atoms with van der Waals surface area (Å²) in [7, 11) is 1.62. The van der Waals surface area contributed by atoms with E-state index < -0.39 is 0 Å². The lowest BCUT2D eigenvalue weighted by molar-refractivity contribution is -0.127. The number of carbonyl (C=O) groups is 1. The summed E-state index contributed by atoms with van der Waals surface area (Å²) in [5.74, 6) is 0.920. The molecule has 1 aliphatic rings. The molecule has 0 bridgehead atoms. The first-order valence-corrected chi connectivity index (χ1v) is 9.74. The molecule has 1 saturated heterocycles. The van der Waals surface area contributed by atoms with Crippen molar-refractivity contribution >= 4 is 17.3 Å². The number of piperazine rings is 1. The Morgan fingerprint density at radius 3 is 2.26 bits per heavy atom. The van der Waals surface area contributed by atoms with Crippen molar-refractivity contribution in [3.05, 3.63) is 48.1 Å². The van der Waals surface area contributed by atoms with Gasteiger partial charge in [-0.25, -0.2) is 0 Å². The maximum Gasteiger partial charge on any atom is 0.246 e. The topological polar surface area (TPSA) is 44.8 Å². The summed E-state index contributed by atoms with van der Waals surface area (Å²) in [4.78, 5) is 21.8. The first-order chi connectivity index (χ1) is 12.9. The largest absolute Gasteiger partial charge is 0.368 e. The molecule has 2 rings (SSSR count). The number of hydrogen-bond donors (Lipinski definition) is 1. The van der Waals surface area contributed by atoms with Crippen LogP contribution in [0.5, 0.6) is 0 Å². The van der Waals surface area contributed by atoms with Crippen molar-refractivity contribution in [1.82, 2.24) is 9.80 Å². The zero-order chi connectivity index (χ0) is 19.8. The Morgan fingerprint density at radius 1 is 1.04 bits per heavy atom. The molecule has 1 aromatic carbocycles. The van der Waals surface area contributed by atoms with Crippen LogP contribution >= 0.6 is 0 Å². The molecule has 0 spiro atoms. The number of para-hydroxylation sites is 1.